The van der Waals surface area contributed by atoms with E-state index in [2.05, 4.69) is 12.2 Å². The molecule has 0 atom stereocenters. The van der Waals surface area contributed by atoms with Gasteiger partial charge in [-0.1, -0.05) is 45.4 Å². The Bertz CT molecular complexity index is 704. The van der Waals surface area contributed by atoms with E-state index >= 15 is 0 Å². The van der Waals surface area contributed by atoms with Crippen LogP contribution < -0.4 is 11.1 Å². The molecule has 3 aliphatic carbocycles. The van der Waals surface area contributed by atoms with E-state index in [1.165, 1.54) is 69.6 Å². The van der Waals surface area contributed by atoms with Gasteiger partial charge in [0.15, 0.2) is 11.6 Å². The summed E-state index contributed by atoms with van der Waals surface area (Å²) in [5.74, 6) is 0.522. The van der Waals surface area contributed by atoms with Gasteiger partial charge in [-0.25, -0.2) is 0 Å². The minimum Gasteiger partial charge on any atom is -0.398 e. The van der Waals surface area contributed by atoms with Gasteiger partial charge in [-0.05, 0) is 55.9 Å². The van der Waals surface area contributed by atoms with Crippen LogP contribution in [0.2, 0.25) is 0 Å². The van der Waals surface area contributed by atoms with Gasteiger partial charge < -0.3 is 11.1 Å². The standard InChI is InChI=1S/C23H32N2O2/c1-2-3-4-5-6-7-16-8-10-17(11-9-16)25-19-13-15-20(26)22-18(24)12-14-21(27)23(19)22/h12-17,25H,2-11,24H2,1H3. The van der Waals surface area contributed by atoms with Crippen molar-refractivity contribution in [2.75, 3.05) is 0 Å². The molecule has 0 aromatic rings. The van der Waals surface area contributed by atoms with E-state index in [1.807, 2.05) is 0 Å². The minimum atomic E-state index is -0.183. The highest BCUT2D eigenvalue weighted by atomic mass is 16.1. The van der Waals surface area contributed by atoms with Crippen LogP contribution in [0.3, 0.4) is 0 Å². The Hall–Kier alpha value is -2.10. The van der Waals surface area contributed by atoms with E-state index in [9.17, 15) is 9.59 Å². The average Bonchev–Trinajstić information content (AvgIpc) is 2.67. The van der Waals surface area contributed by atoms with Crippen molar-refractivity contribution < 1.29 is 9.59 Å². The van der Waals surface area contributed by atoms with Crippen LogP contribution in [0.4, 0.5) is 0 Å². The molecule has 0 amide bonds. The number of nitrogens with two attached hydrogens (primary N) is 1. The second kappa shape index (κ2) is 9.20. The Kier molecular flexibility index (Phi) is 6.70. The lowest BCUT2D eigenvalue weighted by molar-refractivity contribution is -0.114. The average molecular weight is 369 g/mol. The van der Waals surface area contributed by atoms with Crippen molar-refractivity contribution in [1.82, 2.24) is 5.32 Å². The van der Waals surface area contributed by atoms with Crippen molar-refractivity contribution in [1.29, 1.82) is 0 Å². The fraction of sp³-hybridized carbons (Fsp3) is 0.565. The quantitative estimate of drug-likeness (QED) is 0.629. The Morgan fingerprint density at radius 1 is 0.889 bits per heavy atom. The third-order valence-electron chi connectivity index (χ3n) is 6.04. The van der Waals surface area contributed by atoms with Crippen molar-refractivity contribution in [2.45, 2.75) is 77.2 Å². The molecule has 3 N–H and O–H groups in total. The van der Waals surface area contributed by atoms with E-state index in [0.29, 0.717) is 22.9 Å². The molecule has 0 unspecified atom stereocenters. The Morgan fingerprint density at radius 2 is 1.56 bits per heavy atom. The van der Waals surface area contributed by atoms with E-state index < -0.39 is 0 Å². The minimum absolute atomic E-state index is 0.139. The first kappa shape index (κ1) is 19.7. The normalized spacial score (nSPS) is 25.2. The molecule has 0 aromatic carbocycles. The summed E-state index contributed by atoms with van der Waals surface area (Å²) in [6.45, 7) is 2.26. The van der Waals surface area contributed by atoms with Gasteiger partial charge in [-0.2, -0.15) is 0 Å². The fourth-order valence-corrected chi connectivity index (χ4v) is 4.43. The van der Waals surface area contributed by atoms with Crippen molar-refractivity contribution in [3.63, 3.8) is 0 Å². The van der Waals surface area contributed by atoms with Gasteiger partial charge in [-0.3, -0.25) is 9.59 Å². The van der Waals surface area contributed by atoms with Crippen LogP contribution in [0.15, 0.2) is 46.8 Å². The third kappa shape index (κ3) is 4.79. The summed E-state index contributed by atoms with van der Waals surface area (Å²) in [7, 11) is 0. The van der Waals surface area contributed by atoms with Crippen LogP contribution in [-0.4, -0.2) is 17.6 Å². The van der Waals surface area contributed by atoms with E-state index in [-0.39, 0.29) is 11.6 Å². The smallest absolute Gasteiger partial charge is 0.188 e. The topological polar surface area (TPSA) is 72.2 Å². The van der Waals surface area contributed by atoms with Gasteiger partial charge in [0.05, 0.1) is 11.1 Å². The molecule has 0 heterocycles. The highest BCUT2D eigenvalue weighted by Crippen LogP contribution is 2.32. The number of carbonyl (C=O) groups excluding carboxylic acids is 2. The number of allylic oxidation sites excluding steroid dienone is 6. The zero-order valence-corrected chi connectivity index (χ0v) is 16.4. The van der Waals surface area contributed by atoms with Crippen LogP contribution in [0.5, 0.6) is 0 Å². The molecule has 0 aliphatic heterocycles. The van der Waals surface area contributed by atoms with Gasteiger partial charge in [0, 0.05) is 17.4 Å². The molecular formula is C23H32N2O2. The summed E-state index contributed by atoms with van der Waals surface area (Å²) in [5, 5.41) is 3.53. The van der Waals surface area contributed by atoms with Gasteiger partial charge in [0.1, 0.15) is 0 Å². The lowest BCUT2D eigenvalue weighted by Crippen LogP contribution is -2.35. The number of rotatable bonds is 8. The summed E-state index contributed by atoms with van der Waals surface area (Å²) >= 11 is 0. The largest absolute Gasteiger partial charge is 0.398 e. The molecule has 0 bridgehead atoms. The van der Waals surface area contributed by atoms with Crippen LogP contribution in [-0.2, 0) is 9.59 Å². The second-order valence-corrected chi connectivity index (χ2v) is 8.08. The van der Waals surface area contributed by atoms with E-state index in [4.69, 9.17) is 5.73 Å². The lowest BCUT2D eigenvalue weighted by Gasteiger charge is -2.31. The van der Waals surface area contributed by atoms with Crippen molar-refractivity contribution in [3.8, 4) is 0 Å². The van der Waals surface area contributed by atoms with Gasteiger partial charge in [0.25, 0.3) is 0 Å². The molecule has 3 aliphatic rings. The van der Waals surface area contributed by atoms with Gasteiger partial charge >= 0.3 is 0 Å². The van der Waals surface area contributed by atoms with Crippen LogP contribution in [0.1, 0.15) is 71.1 Å². The maximum Gasteiger partial charge on any atom is 0.188 e. The highest BCUT2D eigenvalue weighted by molar-refractivity contribution is 6.23. The molecule has 27 heavy (non-hydrogen) atoms. The van der Waals surface area contributed by atoms with Gasteiger partial charge in [-0.15, -0.1) is 0 Å². The number of carbonyl (C=O) groups is 2. The molecule has 0 radical (unpaired) electrons. The molecule has 0 spiro atoms. The number of ketones is 2. The van der Waals surface area contributed by atoms with Gasteiger partial charge in [0.2, 0.25) is 0 Å². The van der Waals surface area contributed by atoms with Crippen LogP contribution >= 0.6 is 0 Å². The summed E-state index contributed by atoms with van der Waals surface area (Å²) in [5.41, 5.74) is 7.89. The molecule has 1 saturated carbocycles. The predicted octanol–water partition coefficient (Wildman–Crippen LogP) is 4.24. The maximum absolute atomic E-state index is 12.4. The third-order valence-corrected chi connectivity index (χ3v) is 6.04. The van der Waals surface area contributed by atoms with Crippen molar-refractivity contribution in [2.24, 2.45) is 11.7 Å². The first-order valence-electron chi connectivity index (χ1n) is 10.6. The lowest BCUT2D eigenvalue weighted by atomic mass is 9.82. The van der Waals surface area contributed by atoms with Crippen LogP contribution in [0, 0.1) is 5.92 Å². The maximum atomic E-state index is 12.4. The molecule has 1 fully saturated rings. The number of hydrogen-bond acceptors (Lipinski definition) is 4. The van der Waals surface area contributed by atoms with Crippen molar-refractivity contribution >= 4 is 11.6 Å². The summed E-state index contributed by atoms with van der Waals surface area (Å²) in [4.78, 5) is 24.5. The molecule has 0 aromatic heterocycles. The monoisotopic (exact) mass is 368 g/mol. The summed E-state index contributed by atoms with van der Waals surface area (Å²) in [6.07, 6.45) is 19.1. The number of unbranched alkanes of at least 4 members (excludes halogenated alkanes) is 4. The molecule has 146 valence electrons. The molecule has 3 rings (SSSR count). The zero-order chi connectivity index (χ0) is 19.2. The first-order chi connectivity index (χ1) is 13.1. The predicted molar refractivity (Wildman–Crippen MR) is 109 cm³/mol. The first-order valence-corrected chi connectivity index (χ1v) is 10.6. The van der Waals surface area contributed by atoms with Crippen LogP contribution in [0.25, 0.3) is 0 Å². The number of nitrogens with one attached hydrogen (secondary N) is 1. The zero-order valence-electron chi connectivity index (χ0n) is 16.4. The molecular weight excluding hydrogens is 336 g/mol. The summed E-state index contributed by atoms with van der Waals surface area (Å²) < 4.78 is 0. The Morgan fingerprint density at radius 3 is 2.30 bits per heavy atom. The molecule has 0 saturated heterocycles. The molecule has 4 nitrogen and oxygen atoms in total. The molecule has 4 heteroatoms. The SMILES string of the molecule is CCCCCCCC1CCC(NC2=C3C(=O)C=CC(N)=C3C(=O)C=C2)CC1. The Labute approximate surface area is 162 Å². The van der Waals surface area contributed by atoms with E-state index in [0.717, 1.165) is 24.5 Å². The number of fused-ring (bicyclic) bond motifs is 1. The fourth-order valence-electron chi connectivity index (χ4n) is 4.43. The van der Waals surface area contributed by atoms with E-state index in [1.54, 1.807) is 6.08 Å². The Balaban J connectivity index is 1.54. The van der Waals surface area contributed by atoms with Crippen molar-refractivity contribution in [3.05, 3.63) is 46.8 Å². The number of hydrogen-bond donors (Lipinski definition) is 2. The second-order valence-electron chi connectivity index (χ2n) is 8.08. The highest BCUT2D eigenvalue weighted by Gasteiger charge is 2.30. The summed E-state index contributed by atoms with van der Waals surface area (Å²) in [6, 6.07) is 0.364.